The minimum Gasteiger partial charge on any atom is -0.477 e. The molecule has 25 heavy (non-hydrogen) atoms. The van der Waals surface area contributed by atoms with E-state index in [1.165, 1.54) is 19.3 Å². The Hall–Kier alpha value is -1.41. The van der Waals surface area contributed by atoms with Crippen LogP contribution in [0.4, 0.5) is 0 Å². The first-order chi connectivity index (χ1) is 12.0. The Labute approximate surface area is 154 Å². The lowest BCUT2D eigenvalue weighted by Gasteiger charge is -2.17. The smallest absolute Gasteiger partial charge is 0.352 e. The number of guanidine groups is 1. The molecule has 0 aromatic carbocycles. The zero-order valence-corrected chi connectivity index (χ0v) is 15.8. The average Bonchev–Trinajstić information content (AvgIpc) is 3.20. The Balaban J connectivity index is 0.000000196. The van der Waals surface area contributed by atoms with Crippen molar-refractivity contribution < 1.29 is 9.90 Å². The Kier molecular flexibility index (Phi) is 7.90. The Morgan fingerprint density at radius 1 is 1.20 bits per heavy atom. The van der Waals surface area contributed by atoms with Gasteiger partial charge in [0.05, 0.1) is 6.04 Å². The van der Waals surface area contributed by atoms with Crippen molar-refractivity contribution in [3.8, 4) is 0 Å². The van der Waals surface area contributed by atoms with Gasteiger partial charge in [0.1, 0.15) is 5.70 Å². The molecule has 2 fully saturated rings. The van der Waals surface area contributed by atoms with E-state index in [9.17, 15) is 4.79 Å². The van der Waals surface area contributed by atoms with E-state index < -0.39 is 5.97 Å². The van der Waals surface area contributed by atoms with Crippen molar-refractivity contribution in [1.82, 2.24) is 10.6 Å². The summed E-state index contributed by atoms with van der Waals surface area (Å²) in [4.78, 5) is 16.1. The van der Waals surface area contributed by atoms with Gasteiger partial charge in [-0.25, -0.2) is 4.79 Å². The van der Waals surface area contributed by atoms with Crippen LogP contribution in [0.5, 0.6) is 0 Å². The number of aliphatic carboxylic acids is 1. The van der Waals surface area contributed by atoms with Gasteiger partial charge in [-0.2, -0.15) is 0 Å². The number of nitrogens with one attached hydrogen (secondary N) is 2. The summed E-state index contributed by atoms with van der Waals surface area (Å²) >= 11 is 1.73. The van der Waals surface area contributed by atoms with Gasteiger partial charge in [-0.15, -0.1) is 11.8 Å². The predicted octanol–water partition coefficient (Wildman–Crippen LogP) is 1.21. The second kappa shape index (κ2) is 9.91. The van der Waals surface area contributed by atoms with E-state index >= 15 is 0 Å². The topological polar surface area (TPSA) is 126 Å². The van der Waals surface area contributed by atoms with Gasteiger partial charge in [-0.3, -0.25) is 4.99 Å². The van der Waals surface area contributed by atoms with Crippen molar-refractivity contribution in [1.29, 1.82) is 0 Å². The molecule has 142 valence electrons. The van der Waals surface area contributed by atoms with Gasteiger partial charge in [0.15, 0.2) is 5.96 Å². The number of nitrogens with zero attached hydrogens (tertiary/aromatic N) is 1. The minimum atomic E-state index is -0.826. The van der Waals surface area contributed by atoms with Crippen LogP contribution in [0.2, 0.25) is 0 Å². The maximum Gasteiger partial charge on any atom is 0.352 e. The van der Waals surface area contributed by atoms with E-state index in [1.807, 2.05) is 0 Å². The first kappa shape index (κ1) is 19.9. The molecule has 2 heterocycles. The number of carboxylic acids is 1. The fourth-order valence-corrected chi connectivity index (χ4v) is 4.76. The number of rotatable bonds is 4. The summed E-state index contributed by atoms with van der Waals surface area (Å²) in [7, 11) is 0. The summed E-state index contributed by atoms with van der Waals surface area (Å²) in [5.41, 5.74) is 10.9. The van der Waals surface area contributed by atoms with Gasteiger partial charge in [0, 0.05) is 29.2 Å². The Morgan fingerprint density at radius 2 is 1.92 bits per heavy atom. The molecule has 7 nitrogen and oxygen atoms in total. The van der Waals surface area contributed by atoms with Crippen molar-refractivity contribution in [2.24, 2.45) is 22.4 Å². The first-order valence-corrected chi connectivity index (χ1v) is 10.0. The molecular formula is C17H31N5O2S. The molecule has 0 aromatic rings. The van der Waals surface area contributed by atoms with Crippen LogP contribution >= 0.6 is 11.8 Å². The molecule has 8 heteroatoms. The summed E-state index contributed by atoms with van der Waals surface area (Å²) in [6, 6.07) is 0.416. The lowest BCUT2D eigenvalue weighted by atomic mass is 9.96. The number of carboxylic acid groups (broad SMARTS) is 1. The third-order valence-corrected chi connectivity index (χ3v) is 6.30. The van der Waals surface area contributed by atoms with Crippen molar-refractivity contribution >= 4 is 23.7 Å². The van der Waals surface area contributed by atoms with E-state index in [1.54, 1.807) is 11.8 Å². The highest BCUT2D eigenvalue weighted by atomic mass is 32.2. The van der Waals surface area contributed by atoms with Crippen LogP contribution in [0.15, 0.2) is 15.6 Å². The van der Waals surface area contributed by atoms with E-state index in [0.29, 0.717) is 22.9 Å². The SMILES string of the molecule is CC1CNC(C(=O)O)=C1SC1CCNC1.NC(N)=NC1CCCCC1. The Morgan fingerprint density at radius 3 is 2.48 bits per heavy atom. The molecule has 1 saturated carbocycles. The maximum atomic E-state index is 11.0. The number of hydrogen-bond donors (Lipinski definition) is 5. The van der Waals surface area contributed by atoms with Gasteiger partial charge >= 0.3 is 5.97 Å². The molecule has 0 amide bonds. The molecule has 0 bridgehead atoms. The maximum absolute atomic E-state index is 11.0. The van der Waals surface area contributed by atoms with Crippen molar-refractivity contribution in [3.05, 3.63) is 10.6 Å². The molecule has 2 aliphatic heterocycles. The average molecular weight is 370 g/mol. The fourth-order valence-electron chi connectivity index (χ4n) is 3.37. The van der Waals surface area contributed by atoms with Crippen LogP contribution < -0.4 is 22.1 Å². The first-order valence-electron chi connectivity index (χ1n) is 9.14. The van der Waals surface area contributed by atoms with Crippen LogP contribution in [0, 0.1) is 5.92 Å². The number of nitrogens with two attached hydrogens (primary N) is 2. The number of thioether (sulfide) groups is 1. The molecule has 1 saturated heterocycles. The third kappa shape index (κ3) is 6.43. The quantitative estimate of drug-likeness (QED) is 0.372. The van der Waals surface area contributed by atoms with Gasteiger partial charge < -0.3 is 27.2 Å². The molecule has 7 N–H and O–H groups in total. The molecule has 0 radical (unpaired) electrons. The van der Waals surface area contributed by atoms with E-state index in [2.05, 4.69) is 22.5 Å². The lowest BCUT2D eigenvalue weighted by molar-refractivity contribution is -0.133. The summed E-state index contributed by atoms with van der Waals surface area (Å²) in [5.74, 6) is -0.249. The van der Waals surface area contributed by atoms with Crippen molar-refractivity contribution in [2.45, 2.75) is 56.7 Å². The molecule has 0 spiro atoms. The lowest BCUT2D eigenvalue weighted by Crippen LogP contribution is -2.26. The highest BCUT2D eigenvalue weighted by Crippen LogP contribution is 2.35. The molecule has 3 aliphatic rings. The Bertz CT molecular complexity index is 507. The standard InChI is InChI=1S/C10H16N2O2S.C7H15N3/c1-6-4-12-8(10(13)14)9(6)15-7-2-3-11-5-7;8-7(9)10-6-4-2-1-3-5-6/h6-7,11-12H,2-5H2,1H3,(H,13,14);6H,1-5H2,(H4,8,9,10). The summed E-state index contributed by atoms with van der Waals surface area (Å²) < 4.78 is 0. The van der Waals surface area contributed by atoms with Gasteiger partial charge in [-0.1, -0.05) is 26.2 Å². The second-order valence-corrected chi connectivity index (χ2v) is 8.25. The van der Waals surface area contributed by atoms with Crippen LogP contribution in [0.25, 0.3) is 0 Å². The monoisotopic (exact) mass is 369 g/mol. The second-order valence-electron chi connectivity index (χ2n) is 6.90. The number of hydrogen-bond acceptors (Lipinski definition) is 5. The molecule has 1 aliphatic carbocycles. The summed E-state index contributed by atoms with van der Waals surface area (Å²) in [5, 5.41) is 15.8. The highest BCUT2D eigenvalue weighted by molar-refractivity contribution is 8.03. The molecule has 0 aromatic heterocycles. The van der Waals surface area contributed by atoms with Gasteiger partial charge in [0.2, 0.25) is 0 Å². The van der Waals surface area contributed by atoms with Gasteiger partial charge in [0.25, 0.3) is 0 Å². The third-order valence-electron chi connectivity index (χ3n) is 4.71. The van der Waals surface area contributed by atoms with Crippen molar-refractivity contribution in [3.63, 3.8) is 0 Å². The van der Waals surface area contributed by atoms with Crippen LogP contribution in [-0.4, -0.2) is 48.0 Å². The van der Waals surface area contributed by atoms with E-state index in [4.69, 9.17) is 16.6 Å². The van der Waals surface area contributed by atoms with Crippen molar-refractivity contribution in [2.75, 3.05) is 19.6 Å². The van der Waals surface area contributed by atoms with Crippen LogP contribution in [-0.2, 0) is 4.79 Å². The molecular weight excluding hydrogens is 338 g/mol. The van der Waals surface area contributed by atoms with Crippen LogP contribution in [0.1, 0.15) is 45.4 Å². The summed E-state index contributed by atoms with van der Waals surface area (Å²) in [6.07, 6.45) is 7.36. The molecule has 3 rings (SSSR count). The van der Waals surface area contributed by atoms with E-state index in [0.717, 1.165) is 43.8 Å². The molecule has 2 atom stereocenters. The summed E-state index contributed by atoms with van der Waals surface area (Å²) in [6.45, 7) is 4.88. The van der Waals surface area contributed by atoms with Crippen LogP contribution in [0.3, 0.4) is 0 Å². The van der Waals surface area contributed by atoms with Gasteiger partial charge in [-0.05, 0) is 25.8 Å². The normalized spacial score (nSPS) is 26.6. The zero-order chi connectivity index (χ0) is 18.2. The van der Waals surface area contributed by atoms with E-state index in [-0.39, 0.29) is 5.96 Å². The predicted molar refractivity (Wildman–Crippen MR) is 103 cm³/mol. The number of aliphatic imine (C=N–C) groups is 1. The fraction of sp³-hybridized carbons (Fsp3) is 0.765. The number of carbonyl (C=O) groups is 1. The minimum absolute atomic E-state index is 0.243. The highest BCUT2D eigenvalue weighted by Gasteiger charge is 2.29. The largest absolute Gasteiger partial charge is 0.477 e. The zero-order valence-electron chi connectivity index (χ0n) is 15.0. The molecule has 2 unspecified atom stereocenters.